The minimum atomic E-state index is -3.44. The van der Waals surface area contributed by atoms with E-state index in [1.165, 1.54) is 10.7 Å². The summed E-state index contributed by atoms with van der Waals surface area (Å²) in [5, 5.41) is 0. The van der Waals surface area contributed by atoms with Crippen LogP contribution < -0.4 is 4.72 Å². The number of pyridine rings is 1. The average Bonchev–Trinajstić information content (AvgIpc) is 3.01. The predicted octanol–water partition coefficient (Wildman–Crippen LogP) is 1.93. The van der Waals surface area contributed by atoms with Gasteiger partial charge in [-0.1, -0.05) is 25.3 Å². The maximum Gasteiger partial charge on any atom is 0.279 e. The molecule has 0 spiro atoms. The zero-order valence-electron chi connectivity index (χ0n) is 12.8. The van der Waals surface area contributed by atoms with Gasteiger partial charge in [-0.3, -0.25) is 0 Å². The zero-order chi connectivity index (χ0) is 15.6. The van der Waals surface area contributed by atoms with Gasteiger partial charge in [0.15, 0.2) is 0 Å². The highest BCUT2D eigenvalue weighted by Gasteiger charge is 2.27. The first-order valence-electron chi connectivity index (χ1n) is 7.69. The van der Waals surface area contributed by atoms with Crippen molar-refractivity contribution in [3.8, 4) is 0 Å². The van der Waals surface area contributed by atoms with Crippen molar-refractivity contribution in [3.63, 3.8) is 0 Å². The molecule has 2 aromatic rings. The minimum absolute atomic E-state index is 0.127. The molecule has 0 radical (unpaired) electrons. The third kappa shape index (κ3) is 3.31. The molecule has 1 N–H and O–H groups in total. The first kappa shape index (κ1) is 15.5. The highest BCUT2D eigenvalue weighted by atomic mass is 32.2. The second-order valence-corrected chi connectivity index (χ2v) is 7.71. The number of hydrogen-bond donors (Lipinski definition) is 1. The van der Waals surface area contributed by atoms with Crippen molar-refractivity contribution >= 4 is 15.7 Å². The van der Waals surface area contributed by atoms with Gasteiger partial charge in [0.05, 0.1) is 18.0 Å². The summed E-state index contributed by atoms with van der Waals surface area (Å²) in [6.07, 6.45) is 10.7. The van der Waals surface area contributed by atoms with E-state index in [9.17, 15) is 8.42 Å². The lowest BCUT2D eigenvalue weighted by Gasteiger charge is -2.30. The third-order valence-electron chi connectivity index (χ3n) is 4.40. The molecule has 120 valence electrons. The highest BCUT2D eigenvalue weighted by Crippen LogP contribution is 2.23. The zero-order valence-corrected chi connectivity index (χ0v) is 13.6. The van der Waals surface area contributed by atoms with E-state index < -0.39 is 10.2 Å². The van der Waals surface area contributed by atoms with Crippen molar-refractivity contribution in [2.24, 2.45) is 0 Å². The molecule has 0 bridgehead atoms. The molecular weight excluding hydrogens is 300 g/mol. The van der Waals surface area contributed by atoms with Crippen LogP contribution in [0.25, 0.3) is 5.52 Å². The van der Waals surface area contributed by atoms with Gasteiger partial charge in [0, 0.05) is 25.8 Å². The lowest BCUT2D eigenvalue weighted by molar-refractivity contribution is 0.283. The smallest absolute Gasteiger partial charge is 0.279 e. The molecule has 0 amide bonds. The lowest BCUT2D eigenvalue weighted by atomic mass is 9.96. The highest BCUT2D eigenvalue weighted by molar-refractivity contribution is 7.87. The Morgan fingerprint density at radius 1 is 1.32 bits per heavy atom. The number of nitrogens with zero attached hydrogens (tertiary/aromatic N) is 3. The van der Waals surface area contributed by atoms with Crippen LogP contribution in [0.1, 0.15) is 37.7 Å². The van der Waals surface area contributed by atoms with E-state index in [2.05, 4.69) is 9.71 Å². The second-order valence-electron chi connectivity index (χ2n) is 5.90. The summed E-state index contributed by atoms with van der Waals surface area (Å²) >= 11 is 0. The van der Waals surface area contributed by atoms with Crippen LogP contribution in [-0.4, -0.2) is 35.2 Å². The fourth-order valence-corrected chi connectivity index (χ4v) is 4.14. The molecule has 1 fully saturated rings. The van der Waals surface area contributed by atoms with Crippen LogP contribution in [0.3, 0.4) is 0 Å². The molecule has 7 heteroatoms. The molecule has 0 atom stereocenters. The van der Waals surface area contributed by atoms with Gasteiger partial charge in [-0.05, 0) is 24.5 Å². The molecule has 0 aliphatic heterocycles. The molecule has 0 aromatic carbocycles. The topological polar surface area (TPSA) is 66.7 Å². The van der Waals surface area contributed by atoms with Gasteiger partial charge in [0.1, 0.15) is 0 Å². The van der Waals surface area contributed by atoms with Crippen LogP contribution in [0.5, 0.6) is 0 Å². The largest absolute Gasteiger partial charge is 0.306 e. The Balaban J connectivity index is 1.65. The third-order valence-corrected chi connectivity index (χ3v) is 5.96. The Bertz CT molecular complexity index is 735. The van der Waals surface area contributed by atoms with Crippen LogP contribution in [-0.2, 0) is 16.8 Å². The summed E-state index contributed by atoms with van der Waals surface area (Å²) in [5.74, 6) is 0. The van der Waals surface area contributed by atoms with Crippen molar-refractivity contribution in [1.82, 2.24) is 18.4 Å². The van der Waals surface area contributed by atoms with E-state index >= 15 is 0 Å². The molecule has 22 heavy (non-hydrogen) atoms. The van der Waals surface area contributed by atoms with E-state index in [0.717, 1.165) is 36.8 Å². The summed E-state index contributed by atoms with van der Waals surface area (Å²) in [6.45, 7) is 0.285. The first-order chi connectivity index (χ1) is 10.6. The fourth-order valence-electron chi connectivity index (χ4n) is 2.99. The van der Waals surface area contributed by atoms with E-state index in [1.807, 2.05) is 22.7 Å². The van der Waals surface area contributed by atoms with E-state index in [1.54, 1.807) is 19.6 Å². The van der Waals surface area contributed by atoms with Gasteiger partial charge < -0.3 is 4.40 Å². The van der Waals surface area contributed by atoms with Crippen molar-refractivity contribution in [1.29, 1.82) is 0 Å². The maximum absolute atomic E-state index is 12.4. The Kier molecular flexibility index (Phi) is 4.46. The van der Waals surface area contributed by atoms with Crippen molar-refractivity contribution in [2.75, 3.05) is 7.05 Å². The molecule has 6 nitrogen and oxygen atoms in total. The molecule has 0 saturated heterocycles. The number of rotatable bonds is 5. The number of imidazole rings is 1. The lowest BCUT2D eigenvalue weighted by Crippen LogP contribution is -2.44. The standard InChI is InChI=1S/C15H22N4O2S/c1-18(14-5-3-2-4-6-14)22(20,21)17-9-13-7-8-15-10-16-12-19(15)11-13/h7-8,10-12,14,17H,2-6,9H2,1H3. The molecule has 1 aliphatic rings. The van der Waals surface area contributed by atoms with Gasteiger partial charge in [0.25, 0.3) is 10.2 Å². The second kappa shape index (κ2) is 6.36. The van der Waals surface area contributed by atoms with Crippen LogP contribution in [0, 0.1) is 0 Å². The first-order valence-corrected chi connectivity index (χ1v) is 9.13. The van der Waals surface area contributed by atoms with Crippen molar-refractivity contribution in [3.05, 3.63) is 36.4 Å². The summed E-state index contributed by atoms with van der Waals surface area (Å²) in [5.41, 5.74) is 1.90. The maximum atomic E-state index is 12.4. The molecule has 1 saturated carbocycles. The molecular formula is C15H22N4O2S. The van der Waals surface area contributed by atoms with E-state index in [0.29, 0.717) is 0 Å². The Hall–Kier alpha value is -1.44. The summed E-state index contributed by atoms with van der Waals surface area (Å²) in [7, 11) is -1.76. The van der Waals surface area contributed by atoms with Crippen LogP contribution >= 0.6 is 0 Å². The normalized spacial score (nSPS) is 17.4. The molecule has 0 unspecified atom stereocenters. The van der Waals surface area contributed by atoms with Crippen LogP contribution in [0.15, 0.2) is 30.9 Å². The molecule has 2 heterocycles. The molecule has 1 aliphatic carbocycles. The SMILES string of the molecule is CN(C1CCCCC1)S(=O)(=O)NCc1ccc2cncn2c1. The molecule has 2 aromatic heterocycles. The summed E-state index contributed by atoms with van der Waals surface area (Å²) in [4.78, 5) is 4.06. The fraction of sp³-hybridized carbons (Fsp3) is 0.533. The average molecular weight is 322 g/mol. The van der Waals surface area contributed by atoms with Gasteiger partial charge >= 0.3 is 0 Å². The number of hydrogen-bond acceptors (Lipinski definition) is 3. The number of nitrogens with one attached hydrogen (secondary N) is 1. The van der Waals surface area contributed by atoms with Crippen molar-refractivity contribution in [2.45, 2.75) is 44.7 Å². The number of fused-ring (bicyclic) bond motifs is 1. The van der Waals surface area contributed by atoms with Gasteiger partial charge in [-0.25, -0.2) is 4.98 Å². The van der Waals surface area contributed by atoms with E-state index in [-0.39, 0.29) is 12.6 Å². The Labute approximate surface area is 131 Å². The number of aromatic nitrogens is 2. The monoisotopic (exact) mass is 322 g/mol. The van der Waals surface area contributed by atoms with E-state index in [4.69, 9.17) is 0 Å². The Morgan fingerprint density at radius 3 is 2.86 bits per heavy atom. The quantitative estimate of drug-likeness (QED) is 0.915. The Morgan fingerprint density at radius 2 is 2.09 bits per heavy atom. The predicted molar refractivity (Wildman–Crippen MR) is 85.6 cm³/mol. The van der Waals surface area contributed by atoms with Crippen LogP contribution in [0.2, 0.25) is 0 Å². The van der Waals surface area contributed by atoms with Gasteiger partial charge in [-0.2, -0.15) is 17.4 Å². The summed E-state index contributed by atoms with van der Waals surface area (Å²) < 4.78 is 30.9. The molecule has 3 rings (SSSR count). The van der Waals surface area contributed by atoms with Gasteiger partial charge in [0.2, 0.25) is 0 Å². The van der Waals surface area contributed by atoms with Crippen LogP contribution in [0.4, 0.5) is 0 Å². The minimum Gasteiger partial charge on any atom is -0.306 e. The van der Waals surface area contributed by atoms with Crippen molar-refractivity contribution < 1.29 is 8.42 Å². The van der Waals surface area contributed by atoms with Gasteiger partial charge in [-0.15, -0.1) is 0 Å². The summed E-state index contributed by atoms with van der Waals surface area (Å²) in [6, 6.07) is 3.98.